The van der Waals surface area contributed by atoms with Crippen molar-refractivity contribution >= 4 is 17.9 Å². The molecule has 1 aliphatic rings. The van der Waals surface area contributed by atoms with E-state index in [1.165, 1.54) is 6.42 Å². The highest BCUT2D eigenvalue weighted by Gasteiger charge is 2.36. The minimum atomic E-state index is -0.833. The fraction of sp³-hybridized carbons (Fsp3) is 0.667. The van der Waals surface area contributed by atoms with Gasteiger partial charge in [-0.15, -0.1) is 0 Å². The van der Waals surface area contributed by atoms with Crippen molar-refractivity contribution in [2.45, 2.75) is 110 Å². The zero-order valence-electron chi connectivity index (χ0n) is 21.8. The predicted octanol–water partition coefficient (Wildman–Crippen LogP) is 5.03. The highest BCUT2D eigenvalue weighted by atomic mass is 16.6. The highest BCUT2D eigenvalue weighted by Crippen LogP contribution is 2.27. The van der Waals surface area contributed by atoms with Gasteiger partial charge in [-0.05, 0) is 65.0 Å². The number of hydrogen-bond donors (Lipinski definition) is 2. The van der Waals surface area contributed by atoms with E-state index in [1.807, 2.05) is 31.2 Å². The van der Waals surface area contributed by atoms with Crippen molar-refractivity contribution in [3.8, 4) is 0 Å². The number of aryl methyl sites for hydroxylation is 1. The van der Waals surface area contributed by atoms with Crippen LogP contribution in [-0.4, -0.2) is 47.0 Å². The van der Waals surface area contributed by atoms with Crippen molar-refractivity contribution in [3.63, 3.8) is 0 Å². The van der Waals surface area contributed by atoms with Gasteiger partial charge in [0, 0.05) is 12.6 Å². The quantitative estimate of drug-likeness (QED) is 0.527. The molecule has 0 heterocycles. The van der Waals surface area contributed by atoms with Crippen LogP contribution >= 0.6 is 0 Å². The van der Waals surface area contributed by atoms with E-state index in [0.29, 0.717) is 6.54 Å². The van der Waals surface area contributed by atoms with Crippen LogP contribution in [0.5, 0.6) is 0 Å². The fourth-order valence-electron chi connectivity index (χ4n) is 4.36. The van der Waals surface area contributed by atoms with Crippen molar-refractivity contribution in [3.05, 3.63) is 35.4 Å². The van der Waals surface area contributed by atoms with Crippen LogP contribution in [0, 0.1) is 6.92 Å². The SMILES string of the molecule is CCCCN(C(=O)C(C)NC(=O)OC(C)(C)C)C(C(=O)NC1CCCCC1)c1ccccc1C. The lowest BCUT2D eigenvalue weighted by Crippen LogP contribution is -2.53. The summed E-state index contributed by atoms with van der Waals surface area (Å²) in [4.78, 5) is 41.3. The number of hydrogen-bond acceptors (Lipinski definition) is 4. The third kappa shape index (κ3) is 8.33. The maximum Gasteiger partial charge on any atom is 0.408 e. The van der Waals surface area contributed by atoms with Crippen LogP contribution in [0.15, 0.2) is 24.3 Å². The number of alkyl carbamates (subject to hydrolysis) is 1. The summed E-state index contributed by atoms with van der Waals surface area (Å²) in [6.07, 6.45) is 6.32. The number of carbonyl (C=O) groups excluding carboxylic acids is 3. The number of nitrogens with one attached hydrogen (secondary N) is 2. The summed E-state index contributed by atoms with van der Waals surface area (Å²) in [5.41, 5.74) is 1.09. The van der Waals surface area contributed by atoms with E-state index in [9.17, 15) is 14.4 Å². The lowest BCUT2D eigenvalue weighted by molar-refractivity contribution is -0.142. The van der Waals surface area contributed by atoms with Gasteiger partial charge in [0.2, 0.25) is 11.8 Å². The lowest BCUT2D eigenvalue weighted by atomic mass is 9.93. The van der Waals surface area contributed by atoms with E-state index in [1.54, 1.807) is 32.6 Å². The van der Waals surface area contributed by atoms with Gasteiger partial charge in [0.25, 0.3) is 0 Å². The van der Waals surface area contributed by atoms with E-state index in [4.69, 9.17) is 4.74 Å². The van der Waals surface area contributed by atoms with Crippen LogP contribution in [0.2, 0.25) is 0 Å². The van der Waals surface area contributed by atoms with Crippen molar-refractivity contribution < 1.29 is 19.1 Å². The van der Waals surface area contributed by atoms with Gasteiger partial charge in [-0.3, -0.25) is 9.59 Å². The monoisotopic (exact) mass is 473 g/mol. The Labute approximate surface area is 205 Å². The molecule has 0 radical (unpaired) electrons. The number of nitrogens with zero attached hydrogens (tertiary/aromatic N) is 1. The molecule has 34 heavy (non-hydrogen) atoms. The molecule has 2 unspecified atom stereocenters. The number of benzene rings is 1. The van der Waals surface area contributed by atoms with Gasteiger partial charge < -0.3 is 20.3 Å². The third-order valence-corrected chi connectivity index (χ3v) is 6.13. The van der Waals surface area contributed by atoms with Crippen molar-refractivity contribution in [1.29, 1.82) is 0 Å². The number of carbonyl (C=O) groups is 3. The average molecular weight is 474 g/mol. The Morgan fingerprint density at radius 1 is 1.12 bits per heavy atom. The maximum atomic E-state index is 13.7. The zero-order valence-corrected chi connectivity index (χ0v) is 21.8. The van der Waals surface area contributed by atoms with Gasteiger partial charge in [-0.25, -0.2) is 4.79 Å². The Bertz CT molecular complexity index is 827. The zero-order chi connectivity index (χ0) is 25.3. The largest absolute Gasteiger partial charge is 0.444 e. The first-order valence-electron chi connectivity index (χ1n) is 12.7. The van der Waals surface area contributed by atoms with E-state index >= 15 is 0 Å². The summed E-state index contributed by atoms with van der Waals surface area (Å²) in [6.45, 7) is 11.4. The molecule has 190 valence electrons. The first-order chi connectivity index (χ1) is 16.0. The Morgan fingerprint density at radius 2 is 1.76 bits per heavy atom. The van der Waals surface area contributed by atoms with Crippen LogP contribution in [0.4, 0.5) is 4.79 Å². The normalized spacial score (nSPS) is 16.3. The Morgan fingerprint density at radius 3 is 2.35 bits per heavy atom. The van der Waals surface area contributed by atoms with Crippen molar-refractivity contribution in [2.75, 3.05) is 6.54 Å². The molecule has 0 saturated heterocycles. The maximum absolute atomic E-state index is 13.7. The Hall–Kier alpha value is -2.57. The Kier molecular flexibility index (Phi) is 10.4. The molecule has 3 amide bonds. The fourth-order valence-corrected chi connectivity index (χ4v) is 4.36. The van der Waals surface area contributed by atoms with Gasteiger partial charge >= 0.3 is 6.09 Å². The molecule has 0 bridgehead atoms. The lowest BCUT2D eigenvalue weighted by Gasteiger charge is -2.35. The van der Waals surface area contributed by atoms with Crippen LogP contribution in [-0.2, 0) is 14.3 Å². The molecule has 2 N–H and O–H groups in total. The molecular formula is C27H43N3O4. The van der Waals surface area contributed by atoms with Gasteiger partial charge in [0.15, 0.2) is 0 Å². The smallest absolute Gasteiger partial charge is 0.408 e. The number of ether oxygens (including phenoxy) is 1. The first-order valence-corrected chi connectivity index (χ1v) is 12.7. The van der Waals surface area contributed by atoms with E-state index in [0.717, 1.165) is 49.7 Å². The van der Waals surface area contributed by atoms with Gasteiger partial charge in [-0.1, -0.05) is 56.9 Å². The molecule has 0 aliphatic heterocycles. The summed E-state index contributed by atoms with van der Waals surface area (Å²) in [6, 6.07) is 6.24. The second kappa shape index (κ2) is 12.8. The highest BCUT2D eigenvalue weighted by molar-refractivity contribution is 5.92. The molecule has 1 aromatic rings. The molecule has 1 aliphatic carbocycles. The van der Waals surface area contributed by atoms with E-state index in [-0.39, 0.29) is 17.9 Å². The van der Waals surface area contributed by atoms with Crippen molar-refractivity contribution in [1.82, 2.24) is 15.5 Å². The third-order valence-electron chi connectivity index (χ3n) is 6.13. The summed E-state index contributed by atoms with van der Waals surface area (Å²) in [7, 11) is 0. The van der Waals surface area contributed by atoms with Gasteiger partial charge in [-0.2, -0.15) is 0 Å². The standard InChI is InChI=1S/C27H43N3O4/c1-7-8-18-30(25(32)20(3)28-26(33)34-27(4,5)6)23(22-17-13-12-14-19(22)2)24(31)29-21-15-10-9-11-16-21/h12-14,17,20-21,23H,7-11,15-16,18H2,1-6H3,(H,28,33)(H,29,31). The molecular weight excluding hydrogens is 430 g/mol. The first kappa shape index (κ1) is 27.7. The van der Waals surface area contributed by atoms with Gasteiger partial charge in [0.05, 0.1) is 0 Å². The topological polar surface area (TPSA) is 87.7 Å². The van der Waals surface area contributed by atoms with E-state index in [2.05, 4.69) is 17.6 Å². The van der Waals surface area contributed by atoms with E-state index < -0.39 is 23.8 Å². The van der Waals surface area contributed by atoms with Gasteiger partial charge in [0.1, 0.15) is 17.7 Å². The second-order valence-electron chi connectivity index (χ2n) is 10.4. The van der Waals surface area contributed by atoms with Crippen molar-refractivity contribution in [2.24, 2.45) is 0 Å². The predicted molar refractivity (Wildman–Crippen MR) is 134 cm³/mol. The van der Waals surface area contributed by atoms with Crippen LogP contribution in [0.3, 0.4) is 0 Å². The molecule has 2 rings (SSSR count). The molecule has 0 spiro atoms. The summed E-state index contributed by atoms with van der Waals surface area (Å²) in [5.74, 6) is -0.457. The van der Waals surface area contributed by atoms with Crippen LogP contribution in [0.25, 0.3) is 0 Å². The molecule has 1 saturated carbocycles. The van der Waals surface area contributed by atoms with Crippen LogP contribution in [0.1, 0.15) is 96.7 Å². The molecule has 7 nitrogen and oxygen atoms in total. The van der Waals surface area contributed by atoms with Crippen LogP contribution < -0.4 is 10.6 Å². The number of unbranched alkanes of at least 4 members (excludes halogenated alkanes) is 1. The summed E-state index contributed by atoms with van der Waals surface area (Å²) >= 11 is 0. The summed E-state index contributed by atoms with van der Waals surface area (Å²) < 4.78 is 5.33. The Balaban J connectivity index is 2.34. The molecule has 1 aromatic carbocycles. The minimum Gasteiger partial charge on any atom is -0.444 e. The molecule has 1 fully saturated rings. The molecule has 2 atom stereocenters. The molecule has 7 heteroatoms. The number of amides is 3. The minimum absolute atomic E-state index is 0.133. The molecule has 0 aromatic heterocycles. The number of rotatable bonds is 9. The average Bonchev–Trinajstić information content (AvgIpc) is 2.76. The summed E-state index contributed by atoms with van der Waals surface area (Å²) in [5, 5.41) is 5.87. The second-order valence-corrected chi connectivity index (χ2v) is 10.4.